The molecule has 0 saturated carbocycles. The van der Waals surface area contributed by atoms with E-state index in [4.69, 9.17) is 34.8 Å². The van der Waals surface area contributed by atoms with Gasteiger partial charge in [0, 0.05) is 10.7 Å². The Morgan fingerprint density at radius 3 is 2.38 bits per heavy atom. The first-order chi connectivity index (χ1) is 11.4. The lowest BCUT2D eigenvalue weighted by Crippen LogP contribution is -2.32. The Labute approximate surface area is 153 Å². The van der Waals surface area contributed by atoms with E-state index >= 15 is 0 Å². The molecule has 2 aromatic carbocycles. The van der Waals surface area contributed by atoms with Crippen molar-refractivity contribution in [1.82, 2.24) is 0 Å². The first-order valence-electron chi connectivity index (χ1n) is 6.96. The zero-order valence-electron chi connectivity index (χ0n) is 12.4. The van der Waals surface area contributed by atoms with Crippen molar-refractivity contribution in [3.63, 3.8) is 0 Å². The van der Waals surface area contributed by atoms with Crippen molar-refractivity contribution in [3.8, 4) is 0 Å². The van der Waals surface area contributed by atoms with Gasteiger partial charge in [-0.3, -0.25) is 9.59 Å². The van der Waals surface area contributed by atoms with E-state index in [-0.39, 0.29) is 21.4 Å². The highest BCUT2D eigenvalue weighted by molar-refractivity contribution is 6.54. The summed E-state index contributed by atoms with van der Waals surface area (Å²) < 4.78 is 0. The van der Waals surface area contributed by atoms with Gasteiger partial charge in [-0.25, -0.2) is 4.90 Å². The number of nitrogens with zero attached hydrogens (tertiary/aromatic N) is 1. The van der Waals surface area contributed by atoms with Crippen LogP contribution in [-0.2, 0) is 9.59 Å². The zero-order chi connectivity index (χ0) is 17.4. The Morgan fingerprint density at radius 1 is 0.958 bits per heavy atom. The van der Waals surface area contributed by atoms with Gasteiger partial charge >= 0.3 is 0 Å². The molecule has 0 fully saturated rings. The molecule has 0 unspecified atom stereocenters. The van der Waals surface area contributed by atoms with E-state index in [9.17, 15) is 9.59 Å². The fraction of sp³-hybridized carbons (Fsp3) is 0.0588. The molecule has 1 heterocycles. The van der Waals surface area contributed by atoms with Gasteiger partial charge in [0.15, 0.2) is 0 Å². The molecule has 0 aliphatic carbocycles. The topological polar surface area (TPSA) is 49.4 Å². The Bertz CT molecular complexity index is 893. The fourth-order valence-electron chi connectivity index (χ4n) is 2.34. The van der Waals surface area contributed by atoms with Crippen molar-refractivity contribution in [3.05, 3.63) is 68.8 Å². The van der Waals surface area contributed by atoms with Crippen molar-refractivity contribution >= 4 is 58.0 Å². The highest BCUT2D eigenvalue weighted by Crippen LogP contribution is 2.36. The van der Waals surface area contributed by atoms with Crippen LogP contribution >= 0.6 is 34.8 Å². The van der Waals surface area contributed by atoms with Crippen molar-refractivity contribution in [1.29, 1.82) is 0 Å². The van der Waals surface area contributed by atoms with E-state index in [2.05, 4.69) is 5.32 Å². The van der Waals surface area contributed by atoms with Crippen LogP contribution in [0.5, 0.6) is 0 Å². The summed E-state index contributed by atoms with van der Waals surface area (Å²) in [5, 5.41) is 3.32. The molecule has 3 rings (SSSR count). The van der Waals surface area contributed by atoms with Gasteiger partial charge in [0.2, 0.25) is 0 Å². The fourth-order valence-corrected chi connectivity index (χ4v) is 2.92. The van der Waals surface area contributed by atoms with E-state index in [1.54, 1.807) is 12.1 Å². The molecular formula is C17H11Cl3N2O2. The quantitative estimate of drug-likeness (QED) is 0.781. The summed E-state index contributed by atoms with van der Waals surface area (Å²) >= 11 is 18.1. The first kappa shape index (κ1) is 16.8. The molecular weight excluding hydrogens is 371 g/mol. The summed E-state index contributed by atoms with van der Waals surface area (Å²) in [5.41, 5.74) is 1.80. The van der Waals surface area contributed by atoms with Crippen LogP contribution in [0, 0.1) is 6.92 Å². The third-order valence-electron chi connectivity index (χ3n) is 3.58. The maximum atomic E-state index is 12.7. The van der Waals surface area contributed by atoms with Crippen molar-refractivity contribution in [2.24, 2.45) is 0 Å². The molecule has 0 spiro atoms. The number of carbonyl (C=O) groups is 2. The van der Waals surface area contributed by atoms with Crippen LogP contribution in [0.1, 0.15) is 5.56 Å². The van der Waals surface area contributed by atoms with Gasteiger partial charge in [-0.15, -0.1) is 0 Å². The molecule has 7 heteroatoms. The number of nitrogens with one attached hydrogen (secondary N) is 1. The Morgan fingerprint density at radius 2 is 1.67 bits per heavy atom. The predicted octanol–water partition coefficient (Wildman–Crippen LogP) is 4.74. The number of hydrogen-bond donors (Lipinski definition) is 1. The normalized spacial score (nSPS) is 14.6. The van der Waals surface area contributed by atoms with Gasteiger partial charge in [-0.2, -0.15) is 0 Å². The predicted molar refractivity (Wildman–Crippen MR) is 96.6 cm³/mol. The van der Waals surface area contributed by atoms with Crippen LogP contribution in [0.15, 0.2) is 53.2 Å². The van der Waals surface area contributed by atoms with Crippen LogP contribution in [0.3, 0.4) is 0 Å². The number of hydrogen-bond acceptors (Lipinski definition) is 3. The molecule has 0 saturated heterocycles. The number of carbonyl (C=O) groups excluding carboxylic acids is 2. The van der Waals surface area contributed by atoms with E-state index in [0.29, 0.717) is 10.7 Å². The molecule has 24 heavy (non-hydrogen) atoms. The minimum absolute atomic E-state index is 0.00649. The lowest BCUT2D eigenvalue weighted by molar-refractivity contribution is -0.120. The van der Waals surface area contributed by atoms with Gasteiger partial charge in [-0.05, 0) is 36.8 Å². The van der Waals surface area contributed by atoms with E-state index in [1.807, 2.05) is 25.1 Å². The molecule has 2 aromatic rings. The highest BCUT2D eigenvalue weighted by atomic mass is 35.5. The number of anilines is 2. The van der Waals surface area contributed by atoms with Gasteiger partial charge in [0.1, 0.15) is 10.7 Å². The number of benzene rings is 2. The Balaban J connectivity index is 1.99. The maximum absolute atomic E-state index is 12.7. The number of aryl methyl sites for hydroxylation is 1. The van der Waals surface area contributed by atoms with Crippen LogP contribution in [0.4, 0.5) is 11.4 Å². The molecule has 2 amide bonds. The summed E-state index contributed by atoms with van der Waals surface area (Å²) in [6.45, 7) is 1.88. The molecule has 0 atom stereocenters. The SMILES string of the molecule is Cc1ccccc1NC1=C(Cl)C(=O)N(c2cc(Cl)ccc2Cl)C1=O. The second kappa shape index (κ2) is 6.48. The van der Waals surface area contributed by atoms with Crippen LogP contribution in [0.25, 0.3) is 0 Å². The second-order valence-corrected chi connectivity index (χ2v) is 6.39. The largest absolute Gasteiger partial charge is 0.349 e. The molecule has 0 radical (unpaired) electrons. The van der Waals surface area contributed by atoms with Crippen molar-refractivity contribution in [2.75, 3.05) is 10.2 Å². The van der Waals surface area contributed by atoms with E-state index in [1.165, 1.54) is 12.1 Å². The van der Waals surface area contributed by atoms with Gasteiger partial charge < -0.3 is 5.32 Å². The number of amides is 2. The molecule has 1 aliphatic heterocycles. The standard InChI is InChI=1S/C17H11Cl3N2O2/c1-9-4-2-3-5-12(9)21-15-14(20)16(23)22(17(15)24)13-8-10(18)6-7-11(13)19/h2-8,21H,1H3. The summed E-state index contributed by atoms with van der Waals surface area (Å²) in [7, 11) is 0. The third kappa shape index (κ3) is 2.88. The number of rotatable bonds is 3. The van der Waals surface area contributed by atoms with Crippen LogP contribution < -0.4 is 10.2 Å². The molecule has 122 valence electrons. The van der Waals surface area contributed by atoms with Crippen LogP contribution in [-0.4, -0.2) is 11.8 Å². The number of imide groups is 1. The molecule has 1 aliphatic rings. The lowest BCUT2D eigenvalue weighted by Gasteiger charge is -2.17. The number of halogens is 3. The lowest BCUT2D eigenvalue weighted by atomic mass is 10.2. The van der Waals surface area contributed by atoms with Crippen LogP contribution in [0.2, 0.25) is 10.0 Å². The Kier molecular flexibility index (Phi) is 4.54. The molecule has 0 bridgehead atoms. The van der Waals surface area contributed by atoms with Gasteiger partial charge in [0.05, 0.1) is 10.7 Å². The van der Waals surface area contributed by atoms with Crippen molar-refractivity contribution < 1.29 is 9.59 Å². The van der Waals surface area contributed by atoms with E-state index < -0.39 is 11.8 Å². The summed E-state index contributed by atoms with van der Waals surface area (Å²) in [6.07, 6.45) is 0. The minimum atomic E-state index is -0.651. The Hall–Kier alpha value is -2.01. The average molecular weight is 382 g/mol. The summed E-state index contributed by atoms with van der Waals surface area (Å²) in [5.74, 6) is -1.24. The zero-order valence-corrected chi connectivity index (χ0v) is 14.7. The smallest absolute Gasteiger partial charge is 0.283 e. The number of para-hydroxylation sites is 1. The van der Waals surface area contributed by atoms with E-state index in [0.717, 1.165) is 10.5 Å². The van der Waals surface area contributed by atoms with Crippen molar-refractivity contribution in [2.45, 2.75) is 6.92 Å². The summed E-state index contributed by atoms with van der Waals surface area (Å²) in [6, 6.07) is 11.9. The molecule has 0 aromatic heterocycles. The second-order valence-electron chi connectivity index (χ2n) is 5.17. The van der Waals surface area contributed by atoms with Gasteiger partial charge in [-0.1, -0.05) is 53.0 Å². The monoisotopic (exact) mass is 380 g/mol. The molecule has 4 nitrogen and oxygen atoms in total. The van der Waals surface area contributed by atoms with Gasteiger partial charge in [0.25, 0.3) is 11.8 Å². The third-order valence-corrected chi connectivity index (χ3v) is 4.49. The first-order valence-corrected chi connectivity index (χ1v) is 8.10. The highest BCUT2D eigenvalue weighted by Gasteiger charge is 2.40. The average Bonchev–Trinajstić information content (AvgIpc) is 2.76. The maximum Gasteiger partial charge on any atom is 0.283 e. The molecule has 1 N–H and O–H groups in total. The summed E-state index contributed by atoms with van der Waals surface area (Å²) in [4.78, 5) is 26.1. The minimum Gasteiger partial charge on any atom is -0.349 e.